The van der Waals surface area contributed by atoms with Gasteiger partial charge in [0.15, 0.2) is 5.13 Å². The molecule has 0 fully saturated rings. The Morgan fingerprint density at radius 1 is 1.69 bits per heavy atom. The van der Waals surface area contributed by atoms with Gasteiger partial charge in [-0.05, 0) is 11.3 Å². The number of nitro groups is 1. The maximum atomic E-state index is 10.4. The molecular weight excluding hydrogens is 234 g/mol. The van der Waals surface area contributed by atoms with Gasteiger partial charge in [0.1, 0.15) is 6.20 Å². The van der Waals surface area contributed by atoms with Crippen molar-refractivity contribution in [3.05, 3.63) is 16.3 Å². The molecule has 0 aliphatic rings. The smallest absolute Gasteiger partial charge is 0.345 e. The van der Waals surface area contributed by atoms with Crippen molar-refractivity contribution in [3.63, 3.8) is 0 Å². The van der Waals surface area contributed by atoms with E-state index in [9.17, 15) is 10.1 Å². The van der Waals surface area contributed by atoms with E-state index in [1.54, 1.807) is 14.2 Å². The van der Waals surface area contributed by atoms with Crippen molar-refractivity contribution >= 4 is 21.5 Å². The van der Waals surface area contributed by atoms with Crippen LogP contribution in [0.25, 0.3) is 0 Å². The van der Waals surface area contributed by atoms with Crippen LogP contribution >= 0.6 is 11.3 Å². The van der Waals surface area contributed by atoms with Crippen LogP contribution in [0.15, 0.2) is 6.20 Å². The zero-order valence-electron chi connectivity index (χ0n) is 9.00. The van der Waals surface area contributed by atoms with Crippen LogP contribution in [0.3, 0.4) is 0 Å². The van der Waals surface area contributed by atoms with E-state index in [0.717, 1.165) is 11.3 Å². The Hall–Kier alpha value is -1.25. The van der Waals surface area contributed by atoms with Crippen LogP contribution in [0.4, 0.5) is 10.1 Å². The van der Waals surface area contributed by atoms with Crippen molar-refractivity contribution in [2.24, 2.45) is 0 Å². The molecule has 1 aromatic heterocycles. The molecule has 1 rings (SSSR count). The van der Waals surface area contributed by atoms with Crippen LogP contribution < -0.4 is 5.32 Å². The van der Waals surface area contributed by atoms with E-state index in [0.29, 0.717) is 18.3 Å². The van der Waals surface area contributed by atoms with Gasteiger partial charge in [0.05, 0.1) is 17.6 Å². The standard InChI is InChI=1S/C8H13N3O4S/c1-14-5-6(15-2)3-9-8-10-4-7(16-8)11(12)13/h4,6H,3,5H2,1-2H3,(H,9,10). The molecule has 8 heteroatoms. The van der Waals surface area contributed by atoms with E-state index in [1.807, 2.05) is 0 Å². The number of ether oxygens (including phenoxy) is 2. The highest BCUT2D eigenvalue weighted by molar-refractivity contribution is 7.18. The fourth-order valence-electron chi connectivity index (χ4n) is 1.03. The van der Waals surface area contributed by atoms with Crippen LogP contribution in [-0.4, -0.2) is 43.4 Å². The lowest BCUT2D eigenvalue weighted by atomic mass is 10.4. The summed E-state index contributed by atoms with van der Waals surface area (Å²) in [6.07, 6.45) is 1.12. The molecule has 16 heavy (non-hydrogen) atoms. The molecule has 0 bridgehead atoms. The lowest BCUT2D eigenvalue weighted by molar-refractivity contribution is -0.380. The Bertz CT molecular complexity index is 344. The molecule has 0 amide bonds. The monoisotopic (exact) mass is 247 g/mol. The number of anilines is 1. The van der Waals surface area contributed by atoms with Crippen LogP contribution in [0.1, 0.15) is 0 Å². The molecule has 0 radical (unpaired) electrons. The number of hydrogen-bond donors (Lipinski definition) is 1. The number of nitrogens with zero attached hydrogens (tertiary/aromatic N) is 2. The first-order chi connectivity index (χ1) is 7.67. The molecule has 1 unspecified atom stereocenters. The summed E-state index contributed by atoms with van der Waals surface area (Å²) in [5, 5.41) is 13.9. The quantitative estimate of drug-likeness (QED) is 0.574. The van der Waals surface area contributed by atoms with E-state index in [1.165, 1.54) is 6.20 Å². The van der Waals surface area contributed by atoms with Crippen molar-refractivity contribution < 1.29 is 14.4 Å². The molecular formula is C8H13N3O4S. The van der Waals surface area contributed by atoms with E-state index < -0.39 is 4.92 Å². The molecule has 90 valence electrons. The Kier molecular flexibility index (Phi) is 5.09. The number of methoxy groups -OCH3 is 2. The average Bonchev–Trinajstić information content (AvgIpc) is 2.73. The van der Waals surface area contributed by atoms with Crippen LogP contribution in [0.2, 0.25) is 0 Å². The molecule has 0 aliphatic heterocycles. The predicted molar refractivity (Wildman–Crippen MR) is 59.9 cm³/mol. The first-order valence-electron chi connectivity index (χ1n) is 4.53. The zero-order valence-corrected chi connectivity index (χ0v) is 9.82. The Balaban J connectivity index is 2.44. The minimum absolute atomic E-state index is 0.0169. The van der Waals surface area contributed by atoms with Crippen molar-refractivity contribution in [3.8, 4) is 0 Å². The molecule has 1 aromatic rings. The summed E-state index contributed by atoms with van der Waals surface area (Å²) in [7, 11) is 3.16. The molecule has 1 heterocycles. The first kappa shape index (κ1) is 12.8. The fourth-order valence-corrected chi connectivity index (χ4v) is 1.67. The number of aromatic nitrogens is 1. The van der Waals surface area contributed by atoms with Gasteiger partial charge < -0.3 is 14.8 Å². The summed E-state index contributed by atoms with van der Waals surface area (Å²) in [6.45, 7) is 0.950. The third-order valence-electron chi connectivity index (χ3n) is 1.84. The second kappa shape index (κ2) is 6.36. The molecule has 0 aliphatic carbocycles. The second-order valence-electron chi connectivity index (χ2n) is 2.95. The maximum absolute atomic E-state index is 10.4. The van der Waals surface area contributed by atoms with Crippen LogP contribution in [0.5, 0.6) is 0 Å². The van der Waals surface area contributed by atoms with Gasteiger partial charge in [0.25, 0.3) is 0 Å². The normalized spacial score (nSPS) is 12.4. The lowest BCUT2D eigenvalue weighted by Crippen LogP contribution is -2.26. The summed E-state index contributed by atoms with van der Waals surface area (Å²) >= 11 is 0.994. The maximum Gasteiger partial charge on any atom is 0.345 e. The summed E-state index contributed by atoms with van der Waals surface area (Å²) < 4.78 is 10.1. The van der Waals surface area contributed by atoms with Crippen LogP contribution in [0, 0.1) is 10.1 Å². The van der Waals surface area contributed by atoms with Crippen molar-refractivity contribution in [2.45, 2.75) is 6.10 Å². The lowest BCUT2D eigenvalue weighted by Gasteiger charge is -2.13. The minimum Gasteiger partial charge on any atom is -0.382 e. The largest absolute Gasteiger partial charge is 0.382 e. The van der Waals surface area contributed by atoms with Crippen molar-refractivity contribution in [1.82, 2.24) is 4.98 Å². The van der Waals surface area contributed by atoms with Gasteiger partial charge in [0.2, 0.25) is 0 Å². The van der Waals surface area contributed by atoms with Gasteiger partial charge in [0, 0.05) is 20.8 Å². The van der Waals surface area contributed by atoms with E-state index in [4.69, 9.17) is 9.47 Å². The highest BCUT2D eigenvalue weighted by Gasteiger charge is 2.12. The average molecular weight is 247 g/mol. The van der Waals surface area contributed by atoms with Gasteiger partial charge in [-0.25, -0.2) is 4.98 Å². The Morgan fingerprint density at radius 3 is 2.94 bits per heavy atom. The van der Waals surface area contributed by atoms with E-state index in [-0.39, 0.29) is 11.1 Å². The number of thiazole rings is 1. The second-order valence-corrected chi connectivity index (χ2v) is 3.96. The molecule has 1 atom stereocenters. The Morgan fingerprint density at radius 2 is 2.44 bits per heavy atom. The SMILES string of the molecule is COCC(CNc1ncc([N+](=O)[O-])s1)OC. The molecule has 7 nitrogen and oxygen atoms in total. The number of rotatable bonds is 7. The summed E-state index contributed by atoms with van der Waals surface area (Å²) in [5.41, 5.74) is 0. The molecule has 0 saturated heterocycles. The third kappa shape index (κ3) is 3.72. The van der Waals surface area contributed by atoms with E-state index >= 15 is 0 Å². The Labute approximate surface area is 96.5 Å². The third-order valence-corrected chi connectivity index (χ3v) is 2.75. The zero-order chi connectivity index (χ0) is 12.0. The van der Waals surface area contributed by atoms with Gasteiger partial charge in [-0.15, -0.1) is 0 Å². The van der Waals surface area contributed by atoms with Gasteiger partial charge in [-0.3, -0.25) is 10.1 Å². The summed E-state index contributed by atoms with van der Waals surface area (Å²) in [4.78, 5) is 13.8. The molecule has 0 saturated carbocycles. The topological polar surface area (TPSA) is 86.5 Å². The molecule has 0 spiro atoms. The summed E-state index contributed by atoms with van der Waals surface area (Å²) in [6, 6.07) is 0. The van der Waals surface area contributed by atoms with Gasteiger partial charge in [-0.1, -0.05) is 0 Å². The predicted octanol–water partition coefficient (Wildman–Crippen LogP) is 1.12. The van der Waals surface area contributed by atoms with Gasteiger partial charge >= 0.3 is 5.00 Å². The fraction of sp³-hybridized carbons (Fsp3) is 0.625. The number of nitrogens with one attached hydrogen (secondary N) is 1. The highest BCUT2D eigenvalue weighted by atomic mass is 32.1. The van der Waals surface area contributed by atoms with E-state index in [2.05, 4.69) is 10.3 Å². The summed E-state index contributed by atoms with van der Waals surface area (Å²) in [5.74, 6) is 0. The first-order valence-corrected chi connectivity index (χ1v) is 5.34. The minimum atomic E-state index is -0.466. The molecule has 1 N–H and O–H groups in total. The number of hydrogen-bond acceptors (Lipinski definition) is 7. The van der Waals surface area contributed by atoms with Crippen molar-refractivity contribution in [2.75, 3.05) is 32.7 Å². The molecule has 0 aromatic carbocycles. The highest BCUT2D eigenvalue weighted by Crippen LogP contribution is 2.24. The van der Waals surface area contributed by atoms with Crippen molar-refractivity contribution in [1.29, 1.82) is 0 Å². The van der Waals surface area contributed by atoms with Gasteiger partial charge in [-0.2, -0.15) is 0 Å². The van der Waals surface area contributed by atoms with Crippen LogP contribution in [-0.2, 0) is 9.47 Å².